The van der Waals surface area contributed by atoms with Gasteiger partial charge in [0.1, 0.15) is 12.4 Å². The molecule has 0 spiro atoms. The topological polar surface area (TPSA) is 64.6 Å². The van der Waals surface area contributed by atoms with E-state index >= 15 is 0 Å². The number of aryl methyl sites for hydroxylation is 3. The number of carbonyl (C=O) groups excluding carboxylic acids is 2. The van der Waals surface area contributed by atoms with Crippen molar-refractivity contribution in [2.45, 2.75) is 59.6 Å². The van der Waals surface area contributed by atoms with Gasteiger partial charge in [-0.25, -0.2) is 0 Å². The van der Waals surface area contributed by atoms with Gasteiger partial charge in [0.25, 0.3) is 5.91 Å². The molecule has 0 fully saturated rings. The van der Waals surface area contributed by atoms with Crippen LogP contribution in [-0.4, -0.2) is 19.0 Å². The summed E-state index contributed by atoms with van der Waals surface area (Å²) in [5.74, 6) is 0.478. The van der Waals surface area contributed by atoms with Crippen molar-refractivity contribution in [2.75, 3.05) is 7.11 Å². The number of amides is 1. The number of carbonyl (C=O) groups is 2. The molecule has 1 amide bonds. The van der Waals surface area contributed by atoms with Crippen LogP contribution in [0.15, 0.2) is 60.7 Å². The summed E-state index contributed by atoms with van der Waals surface area (Å²) in [4.78, 5) is 25.5. The third-order valence-corrected chi connectivity index (χ3v) is 6.45. The van der Waals surface area contributed by atoms with E-state index in [0.29, 0.717) is 28.7 Å². The Labute approximate surface area is 225 Å². The SMILES string of the molecule is COC(=O)CCc1ccc(COc2ccccc2Cl)cc1C(=O)NC(CC(C)C)c1cc(C)cc(C)c1. The number of halogens is 1. The lowest BCUT2D eigenvalue weighted by molar-refractivity contribution is -0.140. The van der Waals surface area contributed by atoms with Crippen LogP contribution in [0.3, 0.4) is 0 Å². The first-order chi connectivity index (χ1) is 17.7. The number of hydrogen-bond donors (Lipinski definition) is 1. The minimum Gasteiger partial charge on any atom is -0.487 e. The molecule has 5 nitrogen and oxygen atoms in total. The first-order valence-corrected chi connectivity index (χ1v) is 13.0. The summed E-state index contributed by atoms with van der Waals surface area (Å²) in [5, 5.41) is 3.80. The van der Waals surface area contributed by atoms with Crippen LogP contribution in [-0.2, 0) is 22.6 Å². The summed E-state index contributed by atoms with van der Waals surface area (Å²) >= 11 is 6.23. The highest BCUT2D eigenvalue weighted by Crippen LogP contribution is 2.27. The Morgan fingerprint density at radius 3 is 2.32 bits per heavy atom. The van der Waals surface area contributed by atoms with Gasteiger partial charge < -0.3 is 14.8 Å². The summed E-state index contributed by atoms with van der Waals surface area (Å²) in [6.07, 6.45) is 1.40. The average Bonchev–Trinajstić information content (AvgIpc) is 2.85. The van der Waals surface area contributed by atoms with Gasteiger partial charge >= 0.3 is 5.97 Å². The van der Waals surface area contributed by atoms with Crippen molar-refractivity contribution in [2.24, 2.45) is 5.92 Å². The van der Waals surface area contributed by atoms with Crippen molar-refractivity contribution >= 4 is 23.5 Å². The van der Waals surface area contributed by atoms with Crippen molar-refractivity contribution in [3.8, 4) is 5.75 Å². The summed E-state index contributed by atoms with van der Waals surface area (Å²) in [5.41, 5.74) is 5.56. The van der Waals surface area contributed by atoms with Crippen LogP contribution in [0, 0.1) is 19.8 Å². The number of hydrogen-bond acceptors (Lipinski definition) is 4. The van der Waals surface area contributed by atoms with Gasteiger partial charge in [-0.2, -0.15) is 0 Å². The normalized spacial score (nSPS) is 11.8. The molecule has 1 unspecified atom stereocenters. The van der Waals surface area contributed by atoms with E-state index in [2.05, 4.69) is 51.2 Å². The number of para-hydroxylation sites is 1. The van der Waals surface area contributed by atoms with Crippen LogP contribution < -0.4 is 10.1 Å². The first-order valence-electron chi connectivity index (χ1n) is 12.6. The molecule has 1 N–H and O–H groups in total. The van der Waals surface area contributed by atoms with Gasteiger partial charge in [0.2, 0.25) is 0 Å². The van der Waals surface area contributed by atoms with E-state index in [1.54, 1.807) is 12.1 Å². The lowest BCUT2D eigenvalue weighted by Gasteiger charge is -2.23. The van der Waals surface area contributed by atoms with Crippen molar-refractivity contribution in [3.63, 3.8) is 0 Å². The maximum Gasteiger partial charge on any atom is 0.305 e. The molecule has 0 aliphatic rings. The Morgan fingerprint density at radius 2 is 1.68 bits per heavy atom. The van der Waals surface area contributed by atoms with Gasteiger partial charge in [-0.05, 0) is 67.5 Å². The molecule has 3 aromatic carbocycles. The largest absolute Gasteiger partial charge is 0.487 e. The fraction of sp³-hybridized carbons (Fsp3) is 0.355. The second kappa shape index (κ2) is 13.3. The van der Waals surface area contributed by atoms with Crippen LogP contribution >= 0.6 is 11.6 Å². The average molecular weight is 522 g/mol. The zero-order valence-corrected chi connectivity index (χ0v) is 23.0. The predicted octanol–water partition coefficient (Wildman–Crippen LogP) is 7.16. The number of nitrogens with one attached hydrogen (secondary N) is 1. The molecule has 37 heavy (non-hydrogen) atoms. The zero-order valence-electron chi connectivity index (χ0n) is 22.3. The molecule has 0 aliphatic carbocycles. The smallest absolute Gasteiger partial charge is 0.305 e. The number of benzene rings is 3. The molecule has 6 heteroatoms. The lowest BCUT2D eigenvalue weighted by atomic mass is 9.93. The molecule has 0 aliphatic heterocycles. The highest BCUT2D eigenvalue weighted by atomic mass is 35.5. The van der Waals surface area contributed by atoms with E-state index in [1.807, 2.05) is 30.3 Å². The van der Waals surface area contributed by atoms with Crippen LogP contribution in [0.5, 0.6) is 5.75 Å². The Morgan fingerprint density at radius 1 is 0.973 bits per heavy atom. The summed E-state index contributed by atoms with van der Waals surface area (Å²) in [6, 6.07) is 19.2. The second-order valence-electron chi connectivity index (χ2n) is 9.86. The van der Waals surface area contributed by atoms with Gasteiger partial charge in [-0.15, -0.1) is 0 Å². The monoisotopic (exact) mass is 521 g/mol. The van der Waals surface area contributed by atoms with Crippen molar-refractivity contribution < 1.29 is 19.1 Å². The number of ether oxygens (including phenoxy) is 2. The van der Waals surface area contributed by atoms with E-state index in [0.717, 1.165) is 34.2 Å². The summed E-state index contributed by atoms with van der Waals surface area (Å²) in [6.45, 7) is 8.69. The minimum atomic E-state index is -0.314. The number of rotatable bonds is 11. The number of esters is 1. The summed E-state index contributed by atoms with van der Waals surface area (Å²) < 4.78 is 10.7. The van der Waals surface area contributed by atoms with Crippen LogP contribution in [0.4, 0.5) is 0 Å². The third kappa shape index (κ3) is 8.36. The quantitative estimate of drug-likeness (QED) is 0.272. The standard InChI is InChI=1S/C31H36ClNO4/c1-20(2)14-28(25-16-21(3)15-22(4)17-25)33-31(35)26-18-23(10-11-24(26)12-13-30(34)36-5)19-37-29-9-7-6-8-27(29)32/h6-11,15-18,20,28H,12-14,19H2,1-5H3,(H,33,35). The molecule has 3 aromatic rings. The Kier molecular flexibility index (Phi) is 10.2. The van der Waals surface area contributed by atoms with Crippen LogP contribution in [0.2, 0.25) is 5.02 Å². The lowest BCUT2D eigenvalue weighted by Crippen LogP contribution is -2.30. The number of methoxy groups -OCH3 is 1. The Hall–Kier alpha value is -3.31. The second-order valence-corrected chi connectivity index (χ2v) is 10.3. The van der Waals surface area contributed by atoms with Crippen LogP contribution in [0.1, 0.15) is 70.9 Å². The maximum absolute atomic E-state index is 13.7. The van der Waals surface area contributed by atoms with Crippen LogP contribution in [0.25, 0.3) is 0 Å². The maximum atomic E-state index is 13.7. The molecule has 3 rings (SSSR count). The van der Waals surface area contributed by atoms with E-state index in [-0.39, 0.29) is 30.9 Å². The molecule has 0 saturated carbocycles. The Balaban J connectivity index is 1.90. The van der Waals surface area contributed by atoms with E-state index in [9.17, 15) is 9.59 Å². The minimum absolute atomic E-state index is 0.136. The van der Waals surface area contributed by atoms with Gasteiger partial charge in [0, 0.05) is 12.0 Å². The van der Waals surface area contributed by atoms with Crippen molar-refractivity contribution in [3.05, 3.63) is 99.1 Å². The first kappa shape index (κ1) is 28.3. The zero-order chi connectivity index (χ0) is 26.9. The molecular formula is C31H36ClNO4. The fourth-order valence-corrected chi connectivity index (χ4v) is 4.59. The molecule has 196 valence electrons. The Bertz CT molecular complexity index is 1220. The van der Waals surface area contributed by atoms with E-state index in [1.165, 1.54) is 7.11 Å². The molecular weight excluding hydrogens is 486 g/mol. The van der Waals surface area contributed by atoms with E-state index in [4.69, 9.17) is 21.1 Å². The molecule has 0 heterocycles. The molecule has 0 radical (unpaired) electrons. The van der Waals surface area contributed by atoms with Gasteiger partial charge in [0.15, 0.2) is 0 Å². The van der Waals surface area contributed by atoms with E-state index < -0.39 is 0 Å². The van der Waals surface area contributed by atoms with Gasteiger partial charge in [-0.1, -0.05) is 79.0 Å². The van der Waals surface area contributed by atoms with Crippen molar-refractivity contribution in [1.29, 1.82) is 0 Å². The highest BCUT2D eigenvalue weighted by molar-refractivity contribution is 6.32. The molecule has 0 aromatic heterocycles. The summed E-state index contributed by atoms with van der Waals surface area (Å²) in [7, 11) is 1.37. The van der Waals surface area contributed by atoms with Gasteiger partial charge in [0.05, 0.1) is 18.2 Å². The molecule has 0 bridgehead atoms. The predicted molar refractivity (Wildman–Crippen MR) is 148 cm³/mol. The molecule has 0 saturated heterocycles. The highest BCUT2D eigenvalue weighted by Gasteiger charge is 2.21. The molecule has 1 atom stereocenters. The van der Waals surface area contributed by atoms with Crippen molar-refractivity contribution in [1.82, 2.24) is 5.32 Å². The van der Waals surface area contributed by atoms with Gasteiger partial charge in [-0.3, -0.25) is 9.59 Å². The third-order valence-electron chi connectivity index (χ3n) is 6.13. The fourth-order valence-electron chi connectivity index (χ4n) is 4.40.